The lowest BCUT2D eigenvalue weighted by atomic mass is 9.79. The van der Waals surface area contributed by atoms with Crippen molar-refractivity contribution in [2.75, 3.05) is 0 Å². The lowest BCUT2D eigenvalue weighted by Crippen LogP contribution is -3.23. The maximum atomic E-state index is 13.9. The first-order chi connectivity index (χ1) is 20.0. The Morgan fingerprint density at radius 2 is 1.38 bits per heavy atom. The maximum Gasteiger partial charge on any atom is 0.307 e. The smallest absolute Gasteiger partial charge is 0.307 e. The van der Waals surface area contributed by atoms with Crippen LogP contribution in [0, 0.1) is 10.6 Å². The molecule has 8 heteroatoms. The molecule has 0 aromatic heterocycles. The summed E-state index contributed by atoms with van der Waals surface area (Å²) >= 11 is 0. The lowest BCUT2D eigenvalue weighted by molar-refractivity contribution is -0.956. The average molecular weight is 572 g/mol. The van der Waals surface area contributed by atoms with E-state index in [0.717, 1.165) is 12.8 Å². The van der Waals surface area contributed by atoms with Crippen molar-refractivity contribution in [2.45, 2.75) is 115 Å². The zero-order valence-corrected chi connectivity index (χ0v) is 25.2. The Hall–Kier alpha value is -3.23. The summed E-state index contributed by atoms with van der Waals surface area (Å²) < 4.78 is 19.4. The number of quaternary nitrogens is 1. The first-order valence-electron chi connectivity index (χ1n) is 15.4. The molecule has 2 aliphatic carbocycles. The third-order valence-electron chi connectivity index (χ3n) is 10.2. The predicted octanol–water partition coefficient (Wildman–Crippen LogP) is 4.61. The Morgan fingerprint density at radius 3 is 1.86 bits per heavy atom. The molecular formula is C34H41N3O5. The Bertz CT molecular complexity index is 1380. The summed E-state index contributed by atoms with van der Waals surface area (Å²) in [6.07, 6.45) is 2.59. The number of hydrogen-bond donors (Lipinski definition) is 1. The second-order valence-corrected chi connectivity index (χ2v) is 14.1. The van der Waals surface area contributed by atoms with Crippen LogP contribution >= 0.6 is 0 Å². The van der Waals surface area contributed by atoms with Crippen molar-refractivity contribution in [3.8, 4) is 0 Å². The van der Waals surface area contributed by atoms with Crippen LogP contribution in [-0.2, 0) is 31.8 Å². The fourth-order valence-corrected chi connectivity index (χ4v) is 8.20. The molecule has 0 spiro atoms. The molecule has 4 atom stereocenters. The maximum absolute atomic E-state index is 13.9. The van der Waals surface area contributed by atoms with Crippen LogP contribution in [0.2, 0.25) is 0 Å². The fourth-order valence-electron chi connectivity index (χ4n) is 8.20. The minimum absolute atomic E-state index is 0.0225. The van der Waals surface area contributed by atoms with Crippen LogP contribution in [0.15, 0.2) is 58.5 Å². The van der Waals surface area contributed by atoms with Crippen molar-refractivity contribution >= 4 is 17.8 Å². The molecule has 2 aromatic rings. The Kier molecular flexibility index (Phi) is 6.34. The van der Waals surface area contributed by atoms with E-state index >= 15 is 0 Å². The van der Waals surface area contributed by atoms with E-state index in [1.54, 1.807) is 0 Å². The molecule has 1 fully saturated rings. The van der Waals surface area contributed by atoms with Gasteiger partial charge in [0.1, 0.15) is 35.8 Å². The number of nitrogens with zero attached hydrogens (tertiary/aromatic N) is 2. The van der Waals surface area contributed by atoms with Crippen molar-refractivity contribution in [1.29, 1.82) is 0 Å². The first kappa shape index (κ1) is 27.6. The number of benzene rings is 2. The monoisotopic (exact) mass is 571 g/mol. The van der Waals surface area contributed by atoms with Gasteiger partial charge < -0.3 is 24.5 Å². The number of hydroxylamine groups is 2. The van der Waals surface area contributed by atoms with Gasteiger partial charge in [-0.1, -0.05) is 55.5 Å². The summed E-state index contributed by atoms with van der Waals surface area (Å²) in [4.78, 5) is 24.2. The number of esters is 1. The highest BCUT2D eigenvalue weighted by Gasteiger charge is 2.55. The van der Waals surface area contributed by atoms with Gasteiger partial charge in [0.05, 0.1) is 17.5 Å². The molecule has 0 amide bonds. The van der Waals surface area contributed by atoms with E-state index in [1.807, 2.05) is 46.8 Å². The highest BCUT2D eigenvalue weighted by molar-refractivity contribution is 6.09. The summed E-state index contributed by atoms with van der Waals surface area (Å²) in [6.45, 7) is 9.83. The predicted molar refractivity (Wildman–Crippen MR) is 159 cm³/mol. The van der Waals surface area contributed by atoms with Crippen LogP contribution in [0.25, 0.3) is 0 Å². The third kappa shape index (κ3) is 4.29. The summed E-state index contributed by atoms with van der Waals surface area (Å²) in [5, 5.41) is 13.2. The minimum atomic E-state index is -0.967. The average Bonchev–Trinajstić information content (AvgIpc) is 3.69. The van der Waals surface area contributed by atoms with E-state index in [1.165, 1.54) is 22.3 Å². The van der Waals surface area contributed by atoms with E-state index in [2.05, 4.69) is 36.4 Å². The quantitative estimate of drug-likeness (QED) is 0.404. The van der Waals surface area contributed by atoms with E-state index in [-0.39, 0.29) is 47.8 Å². The number of ether oxygens (including phenoxy) is 3. The zero-order chi connectivity index (χ0) is 29.4. The molecule has 0 unspecified atom stereocenters. The van der Waals surface area contributed by atoms with Gasteiger partial charge in [-0.2, -0.15) is 0 Å². The molecule has 0 saturated carbocycles. The minimum Gasteiger partial charge on any atom is -0.634 e. The molecule has 8 nitrogen and oxygen atoms in total. The number of hydrogen-bond acceptors (Lipinski definition) is 7. The molecular weight excluding hydrogens is 530 g/mol. The molecule has 7 rings (SSSR count). The molecule has 1 saturated heterocycles. The van der Waals surface area contributed by atoms with Crippen LogP contribution < -0.4 is 5.06 Å². The van der Waals surface area contributed by atoms with Crippen molar-refractivity contribution < 1.29 is 24.1 Å². The Balaban J connectivity index is 1.22. The number of rotatable bonds is 6. The van der Waals surface area contributed by atoms with Gasteiger partial charge in [0.2, 0.25) is 11.8 Å². The largest absolute Gasteiger partial charge is 0.634 e. The van der Waals surface area contributed by atoms with Gasteiger partial charge in [-0.25, -0.2) is 9.98 Å². The molecule has 0 bridgehead atoms. The first-order valence-corrected chi connectivity index (χ1v) is 15.4. The number of piperidine rings is 1. The van der Waals surface area contributed by atoms with E-state index in [0.29, 0.717) is 31.1 Å². The fraction of sp³-hybridized carbons (Fsp3) is 0.559. The SMILES string of the molecule is CCC(CC(=O)OC1CC(C)(C)[NH+]([O-])C(C)(C)C1)(C1=N[C@H]2c3ccccc3C[C@H]2O1)C1=N[C@H]2c3ccccc3C[C@H]2O1. The van der Waals surface area contributed by atoms with Crippen LogP contribution in [0.4, 0.5) is 0 Å². The van der Waals surface area contributed by atoms with Crippen molar-refractivity contribution in [3.05, 3.63) is 76.0 Å². The summed E-state index contributed by atoms with van der Waals surface area (Å²) in [5.74, 6) is 0.714. The summed E-state index contributed by atoms with van der Waals surface area (Å²) in [6, 6.07) is 16.5. The zero-order valence-electron chi connectivity index (χ0n) is 25.2. The van der Waals surface area contributed by atoms with Crippen molar-refractivity contribution in [2.24, 2.45) is 15.4 Å². The number of carbonyl (C=O) groups is 1. The summed E-state index contributed by atoms with van der Waals surface area (Å²) in [7, 11) is 0. The molecule has 0 radical (unpaired) electrons. The molecule has 1 N–H and O–H groups in total. The van der Waals surface area contributed by atoms with E-state index in [9.17, 15) is 10.0 Å². The van der Waals surface area contributed by atoms with Crippen LogP contribution in [0.5, 0.6) is 0 Å². The lowest BCUT2D eigenvalue weighted by Gasteiger charge is -2.54. The summed E-state index contributed by atoms with van der Waals surface area (Å²) in [5.41, 5.74) is 2.81. The second-order valence-electron chi connectivity index (χ2n) is 14.1. The van der Waals surface area contributed by atoms with Crippen LogP contribution in [0.1, 0.15) is 94.6 Å². The van der Waals surface area contributed by atoms with Gasteiger partial charge in [0.15, 0.2) is 0 Å². The normalized spacial score (nSPS) is 31.6. The number of nitrogens with one attached hydrogen (secondary N) is 1. The van der Waals surface area contributed by atoms with Crippen LogP contribution in [-0.4, -0.2) is 47.2 Å². The van der Waals surface area contributed by atoms with E-state index < -0.39 is 16.5 Å². The third-order valence-corrected chi connectivity index (χ3v) is 10.2. The molecule has 42 heavy (non-hydrogen) atoms. The molecule has 5 aliphatic rings. The Morgan fingerprint density at radius 1 is 0.905 bits per heavy atom. The Labute approximate surface area is 247 Å². The molecule has 2 aromatic carbocycles. The van der Waals surface area contributed by atoms with E-state index in [4.69, 9.17) is 24.2 Å². The highest BCUT2D eigenvalue weighted by atomic mass is 16.6. The molecule has 3 heterocycles. The van der Waals surface area contributed by atoms with Gasteiger partial charge in [0, 0.05) is 25.7 Å². The standard InChI is InChI=1S/C34H41N3O5/c1-6-34(30-35-28-23-13-9-7-11-20(23)15-25(28)41-30,31-36-29-24-14-10-8-12-21(24)16-26(29)42-31)19-27(38)40-22-17-32(2,3)37(39)33(4,5)18-22/h7-14,22,25-26,28-29,37H,6,15-19H2,1-5H3/t25-,26-,28+,29+/m1/s1. The second kappa shape index (κ2) is 9.64. The van der Waals surface area contributed by atoms with Gasteiger partial charge in [-0.3, -0.25) is 4.79 Å². The van der Waals surface area contributed by atoms with Crippen molar-refractivity contribution in [3.63, 3.8) is 0 Å². The van der Waals surface area contributed by atoms with Gasteiger partial charge in [-0.15, -0.1) is 0 Å². The van der Waals surface area contributed by atoms with Gasteiger partial charge in [-0.05, 0) is 56.4 Å². The highest BCUT2D eigenvalue weighted by Crippen LogP contribution is 2.49. The molecule has 222 valence electrons. The number of carbonyl (C=O) groups excluding carboxylic acids is 1. The topological polar surface area (TPSA) is 97.0 Å². The molecule has 3 aliphatic heterocycles. The number of fused-ring (bicyclic) bond motifs is 6. The van der Waals surface area contributed by atoms with Crippen LogP contribution in [0.3, 0.4) is 0 Å². The van der Waals surface area contributed by atoms with Crippen molar-refractivity contribution in [1.82, 2.24) is 0 Å². The van der Waals surface area contributed by atoms with Gasteiger partial charge >= 0.3 is 5.97 Å². The van der Waals surface area contributed by atoms with Gasteiger partial charge in [0.25, 0.3) is 0 Å². The number of aliphatic imine (C=N–C) groups is 2.